The van der Waals surface area contributed by atoms with Crippen molar-refractivity contribution in [3.05, 3.63) is 83.7 Å². The molecular formula is C24H20F3N5O4. The molecule has 0 fully saturated rings. The summed E-state index contributed by atoms with van der Waals surface area (Å²) in [5.41, 5.74) is 0.180. The van der Waals surface area contributed by atoms with Crippen LogP contribution in [0.2, 0.25) is 0 Å². The highest BCUT2D eigenvalue weighted by atomic mass is 19.4. The first-order valence-corrected chi connectivity index (χ1v) is 10.7. The number of pyridine rings is 1. The van der Waals surface area contributed by atoms with E-state index in [0.717, 1.165) is 12.1 Å². The molecule has 186 valence electrons. The molecule has 0 bridgehead atoms. The number of rotatable bonds is 8. The number of aromatic nitrogens is 4. The number of nitrogens with zero attached hydrogens (tertiary/aromatic N) is 4. The highest BCUT2D eigenvalue weighted by Gasteiger charge is 2.30. The number of carbonyl (C=O) groups is 2. The van der Waals surface area contributed by atoms with E-state index in [1.807, 2.05) is 0 Å². The Morgan fingerprint density at radius 1 is 1.06 bits per heavy atom. The van der Waals surface area contributed by atoms with Crippen molar-refractivity contribution in [2.45, 2.75) is 18.6 Å². The number of aliphatic hydroxyl groups is 2. The summed E-state index contributed by atoms with van der Waals surface area (Å²) in [5.74, 6) is -1.05. The van der Waals surface area contributed by atoms with Gasteiger partial charge in [0.2, 0.25) is 5.91 Å². The molecule has 3 heterocycles. The molecule has 0 unspecified atom stereocenters. The van der Waals surface area contributed by atoms with E-state index in [2.05, 4.69) is 20.3 Å². The molecule has 0 spiro atoms. The first-order valence-electron chi connectivity index (χ1n) is 10.7. The maximum absolute atomic E-state index is 13.3. The van der Waals surface area contributed by atoms with Crippen molar-refractivity contribution in [1.82, 2.24) is 19.5 Å². The molecule has 3 N–H and O–H groups in total. The van der Waals surface area contributed by atoms with Crippen molar-refractivity contribution < 1.29 is 33.0 Å². The van der Waals surface area contributed by atoms with Crippen LogP contribution < -0.4 is 5.32 Å². The Hall–Kier alpha value is -4.16. The number of hydrogen-bond donors (Lipinski definition) is 3. The van der Waals surface area contributed by atoms with Gasteiger partial charge in [-0.1, -0.05) is 18.2 Å². The Morgan fingerprint density at radius 3 is 2.56 bits per heavy atom. The standard InChI is InChI=1S/C24H20F3N5O4/c25-24(26,27)16-3-1-2-14(4-16)5-21(35)31-17-6-15(7-28-8-17)22(36)20-10-32(18(11-33)12-34)23-19(20)9-29-13-30-23/h1-4,6-10,13,18,33-34H,5,11-12H2,(H,31,35). The summed E-state index contributed by atoms with van der Waals surface area (Å²) >= 11 is 0. The van der Waals surface area contributed by atoms with Gasteiger partial charge >= 0.3 is 6.18 Å². The summed E-state index contributed by atoms with van der Waals surface area (Å²) in [6, 6.07) is 5.14. The average Bonchev–Trinajstić information content (AvgIpc) is 3.24. The number of aliphatic hydroxyl groups excluding tert-OH is 2. The molecule has 12 heteroatoms. The van der Waals surface area contributed by atoms with E-state index in [4.69, 9.17) is 0 Å². The lowest BCUT2D eigenvalue weighted by molar-refractivity contribution is -0.137. The quantitative estimate of drug-likeness (QED) is 0.318. The number of fused-ring (bicyclic) bond motifs is 1. The minimum Gasteiger partial charge on any atom is -0.394 e. The number of halogens is 3. The van der Waals surface area contributed by atoms with Gasteiger partial charge < -0.3 is 20.1 Å². The van der Waals surface area contributed by atoms with Crippen molar-refractivity contribution >= 4 is 28.4 Å². The lowest BCUT2D eigenvalue weighted by Crippen LogP contribution is -2.17. The summed E-state index contributed by atoms with van der Waals surface area (Å²) in [7, 11) is 0. The molecule has 4 rings (SSSR count). The Kier molecular flexibility index (Phi) is 7.08. The summed E-state index contributed by atoms with van der Waals surface area (Å²) in [6.45, 7) is -0.764. The molecule has 4 aromatic rings. The van der Waals surface area contributed by atoms with Crippen LogP contribution in [-0.2, 0) is 17.4 Å². The molecule has 3 aromatic heterocycles. The normalized spacial score (nSPS) is 11.7. The first-order chi connectivity index (χ1) is 17.2. The fourth-order valence-corrected chi connectivity index (χ4v) is 3.72. The largest absolute Gasteiger partial charge is 0.416 e. The third kappa shape index (κ3) is 5.24. The van der Waals surface area contributed by atoms with E-state index in [1.165, 1.54) is 53.9 Å². The smallest absolute Gasteiger partial charge is 0.394 e. The van der Waals surface area contributed by atoms with Gasteiger partial charge in [-0.2, -0.15) is 13.2 Å². The maximum atomic E-state index is 13.3. The van der Waals surface area contributed by atoms with E-state index < -0.39 is 29.5 Å². The third-order valence-corrected chi connectivity index (χ3v) is 5.46. The Bertz CT molecular complexity index is 1420. The van der Waals surface area contributed by atoms with Gasteiger partial charge in [-0.25, -0.2) is 9.97 Å². The Morgan fingerprint density at radius 2 is 1.83 bits per heavy atom. The van der Waals surface area contributed by atoms with Gasteiger partial charge in [0.1, 0.15) is 12.0 Å². The molecule has 0 atom stereocenters. The zero-order valence-electron chi connectivity index (χ0n) is 18.6. The number of ketones is 1. The highest BCUT2D eigenvalue weighted by molar-refractivity contribution is 6.16. The van der Waals surface area contributed by atoms with Crippen molar-refractivity contribution in [2.24, 2.45) is 0 Å². The molecule has 1 amide bonds. The highest BCUT2D eigenvalue weighted by Crippen LogP contribution is 2.30. The number of anilines is 1. The number of benzene rings is 1. The van der Waals surface area contributed by atoms with Crippen LogP contribution >= 0.6 is 0 Å². The van der Waals surface area contributed by atoms with Crippen LogP contribution in [0.3, 0.4) is 0 Å². The fourth-order valence-electron chi connectivity index (χ4n) is 3.72. The molecule has 0 aliphatic heterocycles. The van der Waals surface area contributed by atoms with E-state index in [9.17, 15) is 33.0 Å². The van der Waals surface area contributed by atoms with Gasteiger partial charge in [-0.15, -0.1) is 0 Å². The lowest BCUT2D eigenvalue weighted by Gasteiger charge is -2.13. The van der Waals surface area contributed by atoms with Crippen LogP contribution in [0.25, 0.3) is 11.0 Å². The van der Waals surface area contributed by atoms with Crippen molar-refractivity contribution in [2.75, 3.05) is 18.5 Å². The first kappa shape index (κ1) is 24.9. The Balaban J connectivity index is 1.56. The van der Waals surface area contributed by atoms with Gasteiger partial charge in [-0.3, -0.25) is 14.6 Å². The number of alkyl halides is 3. The average molecular weight is 499 g/mol. The molecule has 36 heavy (non-hydrogen) atoms. The molecule has 0 saturated heterocycles. The van der Waals surface area contributed by atoms with Gasteiger partial charge in [-0.05, 0) is 17.7 Å². The predicted molar refractivity (Wildman–Crippen MR) is 122 cm³/mol. The molecule has 9 nitrogen and oxygen atoms in total. The van der Waals surface area contributed by atoms with Crippen LogP contribution in [0.15, 0.2) is 61.4 Å². The van der Waals surface area contributed by atoms with Crippen molar-refractivity contribution in [3.8, 4) is 0 Å². The Labute approximate surface area is 202 Å². The molecule has 0 saturated carbocycles. The van der Waals surface area contributed by atoms with E-state index in [-0.39, 0.29) is 42.0 Å². The maximum Gasteiger partial charge on any atom is 0.416 e. The molecule has 0 aliphatic rings. The fraction of sp³-hybridized carbons (Fsp3) is 0.208. The second kappa shape index (κ2) is 10.2. The van der Waals surface area contributed by atoms with Crippen LogP contribution in [0, 0.1) is 0 Å². The lowest BCUT2D eigenvalue weighted by atomic mass is 10.1. The van der Waals surface area contributed by atoms with E-state index in [1.54, 1.807) is 0 Å². The van der Waals surface area contributed by atoms with E-state index in [0.29, 0.717) is 11.0 Å². The summed E-state index contributed by atoms with van der Waals surface area (Å²) < 4.78 is 40.2. The zero-order chi connectivity index (χ0) is 25.9. The van der Waals surface area contributed by atoms with Crippen molar-refractivity contribution in [1.29, 1.82) is 0 Å². The minimum absolute atomic E-state index is 0.124. The molecule has 1 aromatic carbocycles. The number of hydrogen-bond acceptors (Lipinski definition) is 7. The number of nitrogens with one attached hydrogen (secondary N) is 1. The second-order valence-corrected chi connectivity index (χ2v) is 7.94. The van der Waals surface area contributed by atoms with Crippen LogP contribution in [0.4, 0.5) is 18.9 Å². The monoisotopic (exact) mass is 499 g/mol. The molecule has 0 aliphatic carbocycles. The van der Waals surface area contributed by atoms with Crippen LogP contribution in [0.1, 0.15) is 33.1 Å². The summed E-state index contributed by atoms with van der Waals surface area (Å²) in [5, 5.41) is 22.1. The number of amides is 1. The van der Waals surface area contributed by atoms with Crippen LogP contribution in [0.5, 0.6) is 0 Å². The van der Waals surface area contributed by atoms with Gasteiger partial charge in [0.05, 0.1) is 48.7 Å². The predicted octanol–water partition coefficient (Wildman–Crippen LogP) is 2.78. The number of carbonyl (C=O) groups excluding carboxylic acids is 2. The topological polar surface area (TPSA) is 130 Å². The molecule has 0 radical (unpaired) electrons. The zero-order valence-corrected chi connectivity index (χ0v) is 18.6. The third-order valence-electron chi connectivity index (χ3n) is 5.46. The molecular weight excluding hydrogens is 479 g/mol. The summed E-state index contributed by atoms with van der Waals surface area (Å²) in [4.78, 5) is 37.8. The SMILES string of the molecule is O=C(Cc1cccc(C(F)(F)F)c1)Nc1cncc(C(=O)c2cn(C(CO)CO)c3ncncc23)c1. The van der Waals surface area contributed by atoms with E-state index >= 15 is 0 Å². The van der Waals surface area contributed by atoms with Crippen LogP contribution in [-0.4, -0.2) is 54.6 Å². The van der Waals surface area contributed by atoms with Gasteiger partial charge in [0, 0.05) is 29.5 Å². The van der Waals surface area contributed by atoms with Crippen molar-refractivity contribution in [3.63, 3.8) is 0 Å². The van der Waals surface area contributed by atoms with Gasteiger partial charge in [0.15, 0.2) is 5.78 Å². The second-order valence-electron chi connectivity index (χ2n) is 7.94. The summed E-state index contributed by atoms with van der Waals surface area (Å²) in [6.07, 6.45) is 1.95. The minimum atomic E-state index is -4.52. The van der Waals surface area contributed by atoms with Gasteiger partial charge in [0.25, 0.3) is 0 Å².